The number of hydrogen-bond acceptors (Lipinski definition) is 4. The van der Waals surface area contributed by atoms with E-state index in [1.165, 1.54) is 6.26 Å². The predicted octanol–water partition coefficient (Wildman–Crippen LogP) is 5.59. The van der Waals surface area contributed by atoms with E-state index in [1.807, 2.05) is 54.1 Å². The molecule has 2 aromatic carbocycles. The summed E-state index contributed by atoms with van der Waals surface area (Å²) in [5.74, 6) is 0.408. The molecule has 178 valence electrons. The van der Waals surface area contributed by atoms with Gasteiger partial charge in [-0.2, -0.15) is 0 Å². The number of nitrogens with zero attached hydrogens (tertiary/aromatic N) is 3. The fraction of sp³-hybridized carbons (Fsp3) is 0.222. The highest BCUT2D eigenvalue weighted by atomic mass is 35.5. The third-order valence-corrected chi connectivity index (χ3v) is 6.19. The highest BCUT2D eigenvalue weighted by molar-refractivity contribution is 6.30. The number of carbonyl (C=O) groups is 2. The fourth-order valence-corrected chi connectivity index (χ4v) is 3.98. The van der Waals surface area contributed by atoms with E-state index >= 15 is 0 Å². The van der Waals surface area contributed by atoms with E-state index in [2.05, 4.69) is 5.32 Å². The number of imidazole rings is 1. The van der Waals surface area contributed by atoms with Crippen LogP contribution >= 0.6 is 11.6 Å². The van der Waals surface area contributed by atoms with E-state index in [0.29, 0.717) is 29.1 Å². The Morgan fingerprint density at radius 3 is 2.51 bits per heavy atom. The highest BCUT2D eigenvalue weighted by Crippen LogP contribution is 2.30. The number of anilines is 1. The van der Waals surface area contributed by atoms with Crippen molar-refractivity contribution in [2.45, 2.75) is 19.8 Å². The largest absolute Gasteiger partial charge is 0.459 e. The number of rotatable bonds is 8. The lowest BCUT2D eigenvalue weighted by Crippen LogP contribution is -2.39. The second-order valence-corrected chi connectivity index (χ2v) is 9.25. The first kappa shape index (κ1) is 22.9. The Balaban J connectivity index is 1.41. The maximum atomic E-state index is 13.1. The van der Waals surface area contributed by atoms with Crippen LogP contribution in [0.2, 0.25) is 5.02 Å². The number of furan rings is 1. The minimum absolute atomic E-state index is 0.0902. The second-order valence-electron chi connectivity index (χ2n) is 8.82. The predicted molar refractivity (Wildman–Crippen MR) is 135 cm³/mol. The van der Waals surface area contributed by atoms with Crippen molar-refractivity contribution in [3.63, 3.8) is 0 Å². The van der Waals surface area contributed by atoms with Crippen LogP contribution in [0.4, 0.5) is 5.95 Å². The maximum absolute atomic E-state index is 13.1. The molecule has 0 unspecified atom stereocenters. The van der Waals surface area contributed by atoms with E-state index in [1.54, 1.807) is 29.2 Å². The van der Waals surface area contributed by atoms with Gasteiger partial charge in [0.15, 0.2) is 5.76 Å². The summed E-state index contributed by atoms with van der Waals surface area (Å²) in [6, 6.07) is 18.6. The molecule has 0 spiro atoms. The first-order chi connectivity index (χ1) is 17.0. The van der Waals surface area contributed by atoms with Gasteiger partial charge >= 0.3 is 0 Å². The molecule has 0 aliphatic heterocycles. The van der Waals surface area contributed by atoms with Crippen molar-refractivity contribution >= 4 is 29.4 Å². The van der Waals surface area contributed by atoms with Crippen LogP contribution in [0.5, 0.6) is 0 Å². The summed E-state index contributed by atoms with van der Waals surface area (Å²) >= 11 is 6.04. The van der Waals surface area contributed by atoms with Crippen molar-refractivity contribution in [2.24, 2.45) is 5.92 Å². The maximum Gasteiger partial charge on any atom is 0.290 e. The lowest BCUT2D eigenvalue weighted by atomic mass is 10.2. The molecule has 0 saturated heterocycles. The zero-order valence-corrected chi connectivity index (χ0v) is 20.0. The quantitative estimate of drug-likeness (QED) is 0.351. The summed E-state index contributed by atoms with van der Waals surface area (Å²) < 4.78 is 7.11. The van der Waals surface area contributed by atoms with Gasteiger partial charge in [-0.25, -0.2) is 4.98 Å². The molecule has 2 amide bonds. The summed E-state index contributed by atoms with van der Waals surface area (Å²) in [5, 5.41) is 3.55. The molecule has 1 aliphatic carbocycles. The molecule has 0 atom stereocenters. The molecular weight excluding hydrogens is 464 g/mol. The van der Waals surface area contributed by atoms with Crippen molar-refractivity contribution in [3.8, 4) is 16.9 Å². The zero-order valence-electron chi connectivity index (χ0n) is 19.3. The van der Waals surface area contributed by atoms with Gasteiger partial charge in [0.25, 0.3) is 5.91 Å². The summed E-state index contributed by atoms with van der Waals surface area (Å²) in [5.41, 5.74) is 3.56. The molecule has 7 nitrogen and oxygen atoms in total. The number of hydrogen-bond donors (Lipinski definition) is 1. The van der Waals surface area contributed by atoms with Crippen molar-refractivity contribution in [3.05, 3.63) is 89.5 Å². The molecule has 0 radical (unpaired) electrons. The van der Waals surface area contributed by atoms with E-state index in [-0.39, 0.29) is 24.1 Å². The average molecular weight is 489 g/mol. The minimum Gasteiger partial charge on any atom is -0.459 e. The number of nitrogens with one attached hydrogen (secondary N) is 1. The Labute approximate surface area is 208 Å². The normalized spacial score (nSPS) is 13.0. The Morgan fingerprint density at radius 2 is 1.86 bits per heavy atom. The van der Waals surface area contributed by atoms with Crippen molar-refractivity contribution in [1.82, 2.24) is 14.5 Å². The highest BCUT2D eigenvalue weighted by Gasteiger charge is 2.30. The first-order valence-corrected chi connectivity index (χ1v) is 11.9. The molecule has 4 aromatic rings. The smallest absolute Gasteiger partial charge is 0.290 e. The summed E-state index contributed by atoms with van der Waals surface area (Å²) in [6.45, 7) is 2.45. The van der Waals surface area contributed by atoms with Crippen LogP contribution < -0.4 is 5.32 Å². The number of carbonyl (C=O) groups excluding carboxylic acids is 2. The molecule has 2 aromatic heterocycles. The molecule has 1 saturated carbocycles. The Morgan fingerprint density at radius 1 is 1.11 bits per heavy atom. The van der Waals surface area contributed by atoms with Gasteiger partial charge in [0.1, 0.15) is 6.54 Å². The van der Waals surface area contributed by atoms with Crippen LogP contribution in [0.25, 0.3) is 16.9 Å². The van der Waals surface area contributed by atoms with Crippen LogP contribution in [-0.4, -0.2) is 39.4 Å². The number of benzene rings is 2. The zero-order chi connectivity index (χ0) is 24.4. The average Bonchev–Trinajstić information content (AvgIpc) is 3.32. The van der Waals surface area contributed by atoms with Crippen molar-refractivity contribution in [1.29, 1.82) is 0 Å². The Kier molecular flexibility index (Phi) is 6.42. The van der Waals surface area contributed by atoms with Gasteiger partial charge in [-0.15, -0.1) is 0 Å². The first-order valence-electron chi connectivity index (χ1n) is 11.5. The molecule has 1 fully saturated rings. The van der Waals surface area contributed by atoms with Gasteiger partial charge in [-0.1, -0.05) is 41.4 Å². The van der Waals surface area contributed by atoms with E-state index in [0.717, 1.165) is 29.7 Å². The van der Waals surface area contributed by atoms with Gasteiger partial charge in [-0.3, -0.25) is 19.5 Å². The molecule has 1 aliphatic rings. The van der Waals surface area contributed by atoms with Gasteiger partial charge in [0, 0.05) is 29.0 Å². The number of halogens is 1. The third-order valence-electron chi connectivity index (χ3n) is 5.94. The van der Waals surface area contributed by atoms with Gasteiger partial charge in [0.2, 0.25) is 11.9 Å². The fourth-order valence-electron chi connectivity index (χ4n) is 3.86. The van der Waals surface area contributed by atoms with Crippen LogP contribution in [0.15, 0.2) is 77.5 Å². The van der Waals surface area contributed by atoms with Crippen LogP contribution in [-0.2, 0) is 4.79 Å². The number of aryl methyl sites for hydroxylation is 1. The Hall–Kier alpha value is -3.84. The van der Waals surface area contributed by atoms with Crippen molar-refractivity contribution in [2.75, 3.05) is 18.4 Å². The van der Waals surface area contributed by atoms with E-state index in [4.69, 9.17) is 21.0 Å². The summed E-state index contributed by atoms with van der Waals surface area (Å²) in [7, 11) is 0. The van der Waals surface area contributed by atoms with Crippen LogP contribution in [0.1, 0.15) is 29.0 Å². The number of amides is 2. The van der Waals surface area contributed by atoms with Gasteiger partial charge in [-0.05, 0) is 62.1 Å². The molecule has 2 heterocycles. The molecular formula is C27H25ClN4O3. The lowest BCUT2D eigenvalue weighted by molar-refractivity contribution is -0.117. The molecule has 0 bridgehead atoms. The molecule has 8 heteroatoms. The second kappa shape index (κ2) is 9.80. The summed E-state index contributed by atoms with van der Waals surface area (Å²) in [6.07, 6.45) is 5.45. The minimum atomic E-state index is -0.327. The molecule has 5 rings (SSSR count). The monoisotopic (exact) mass is 488 g/mol. The lowest BCUT2D eigenvalue weighted by Gasteiger charge is -2.21. The summed E-state index contributed by atoms with van der Waals surface area (Å²) in [4.78, 5) is 32.3. The SMILES string of the molecule is Cc1ccc(-n2cc(-c3ccc(Cl)cc3)nc2NC(=O)CN(CC2CC2)C(=O)c2ccco2)cc1. The standard InChI is InChI=1S/C27H25ClN4O3/c1-18-4-12-22(13-5-18)32-16-23(20-8-10-21(28)11-9-20)29-27(32)30-25(33)17-31(15-19-6-7-19)26(34)24-3-2-14-35-24/h2-5,8-14,16,19H,6-7,15,17H2,1H3,(H,29,30,33). The molecule has 35 heavy (non-hydrogen) atoms. The molecule has 1 N–H and O–H groups in total. The third kappa shape index (κ3) is 5.46. The van der Waals surface area contributed by atoms with E-state index < -0.39 is 0 Å². The Bertz CT molecular complexity index is 1320. The topological polar surface area (TPSA) is 80.4 Å². The van der Waals surface area contributed by atoms with E-state index in [9.17, 15) is 9.59 Å². The van der Waals surface area contributed by atoms with Crippen LogP contribution in [0, 0.1) is 12.8 Å². The van der Waals surface area contributed by atoms with Crippen molar-refractivity contribution < 1.29 is 14.0 Å². The van der Waals surface area contributed by atoms with Crippen LogP contribution in [0.3, 0.4) is 0 Å². The van der Waals surface area contributed by atoms with Gasteiger partial charge < -0.3 is 9.32 Å². The number of aromatic nitrogens is 2. The van der Waals surface area contributed by atoms with Gasteiger partial charge in [0.05, 0.1) is 12.0 Å².